The summed E-state index contributed by atoms with van der Waals surface area (Å²) < 4.78 is 5.21. The summed E-state index contributed by atoms with van der Waals surface area (Å²) >= 11 is 0. The van der Waals surface area contributed by atoms with Gasteiger partial charge in [-0.25, -0.2) is 9.79 Å². The highest BCUT2D eigenvalue weighted by Crippen LogP contribution is 2.19. The van der Waals surface area contributed by atoms with Gasteiger partial charge < -0.3 is 4.74 Å². The molecule has 2 aromatic carbocycles. The van der Waals surface area contributed by atoms with Crippen LogP contribution in [0, 0.1) is 6.92 Å². The first-order chi connectivity index (χ1) is 9.72. The molecule has 0 unspecified atom stereocenters. The SMILES string of the molecule is Cc1cccc(C=C2N=C(c3ccccc3)OC2=O)c1. The predicted octanol–water partition coefficient (Wildman–Crippen LogP) is 3.34. The molecule has 1 aliphatic heterocycles. The Morgan fingerprint density at radius 3 is 2.60 bits per heavy atom. The highest BCUT2D eigenvalue weighted by Gasteiger charge is 2.23. The molecular formula is C17H13NO2. The van der Waals surface area contributed by atoms with Crippen molar-refractivity contribution in [2.75, 3.05) is 0 Å². The number of aryl methyl sites for hydroxylation is 1. The van der Waals surface area contributed by atoms with Gasteiger partial charge in [-0.1, -0.05) is 48.0 Å². The van der Waals surface area contributed by atoms with Crippen LogP contribution in [0.25, 0.3) is 6.08 Å². The molecular weight excluding hydrogens is 250 g/mol. The van der Waals surface area contributed by atoms with Crippen LogP contribution in [-0.2, 0) is 9.53 Å². The smallest absolute Gasteiger partial charge is 0.363 e. The van der Waals surface area contributed by atoms with E-state index in [-0.39, 0.29) is 0 Å². The second-order valence-electron chi connectivity index (χ2n) is 4.62. The van der Waals surface area contributed by atoms with E-state index in [2.05, 4.69) is 4.99 Å². The lowest BCUT2D eigenvalue weighted by molar-refractivity contribution is -0.129. The van der Waals surface area contributed by atoms with Gasteiger partial charge in [0.25, 0.3) is 0 Å². The third kappa shape index (κ3) is 2.52. The number of esters is 1. The molecule has 3 nitrogen and oxygen atoms in total. The van der Waals surface area contributed by atoms with Crippen molar-refractivity contribution in [1.29, 1.82) is 0 Å². The quantitative estimate of drug-likeness (QED) is 0.615. The first kappa shape index (κ1) is 12.4. The van der Waals surface area contributed by atoms with Crippen LogP contribution in [0.15, 0.2) is 65.3 Å². The Morgan fingerprint density at radius 2 is 1.85 bits per heavy atom. The number of benzene rings is 2. The Hall–Kier alpha value is -2.68. The van der Waals surface area contributed by atoms with Crippen molar-refractivity contribution in [3.05, 3.63) is 77.0 Å². The Kier molecular flexibility index (Phi) is 3.17. The van der Waals surface area contributed by atoms with E-state index in [1.807, 2.05) is 61.5 Å². The van der Waals surface area contributed by atoms with Gasteiger partial charge >= 0.3 is 5.97 Å². The monoisotopic (exact) mass is 263 g/mol. The molecule has 1 heterocycles. The summed E-state index contributed by atoms with van der Waals surface area (Å²) in [6.45, 7) is 2.01. The molecule has 0 atom stereocenters. The maximum Gasteiger partial charge on any atom is 0.363 e. The molecule has 1 aliphatic rings. The van der Waals surface area contributed by atoms with E-state index in [0.29, 0.717) is 11.6 Å². The number of rotatable bonds is 2. The van der Waals surface area contributed by atoms with E-state index in [0.717, 1.165) is 16.7 Å². The average molecular weight is 263 g/mol. The van der Waals surface area contributed by atoms with Crippen molar-refractivity contribution in [2.24, 2.45) is 4.99 Å². The van der Waals surface area contributed by atoms with Gasteiger partial charge in [-0.2, -0.15) is 0 Å². The number of hydrogen-bond acceptors (Lipinski definition) is 3. The summed E-state index contributed by atoms with van der Waals surface area (Å²) in [7, 11) is 0. The highest BCUT2D eigenvalue weighted by molar-refractivity contribution is 6.12. The number of carbonyl (C=O) groups excluding carboxylic acids is 1. The lowest BCUT2D eigenvalue weighted by atomic mass is 10.1. The van der Waals surface area contributed by atoms with Gasteiger partial charge in [-0.3, -0.25) is 0 Å². The molecule has 0 bridgehead atoms. The molecule has 0 fully saturated rings. The van der Waals surface area contributed by atoms with Crippen LogP contribution in [-0.4, -0.2) is 11.9 Å². The molecule has 0 radical (unpaired) electrons. The molecule has 98 valence electrons. The summed E-state index contributed by atoms with van der Waals surface area (Å²) in [5.74, 6) is -0.0557. The summed E-state index contributed by atoms with van der Waals surface area (Å²) in [5.41, 5.74) is 3.20. The van der Waals surface area contributed by atoms with Crippen molar-refractivity contribution < 1.29 is 9.53 Å². The van der Waals surface area contributed by atoms with Gasteiger partial charge in [0, 0.05) is 5.56 Å². The number of nitrogens with zero attached hydrogens (tertiary/aromatic N) is 1. The van der Waals surface area contributed by atoms with E-state index in [1.54, 1.807) is 6.08 Å². The molecule has 0 spiro atoms. The van der Waals surface area contributed by atoms with Crippen LogP contribution < -0.4 is 0 Å². The molecule has 2 aromatic rings. The number of cyclic esters (lactones) is 1. The van der Waals surface area contributed by atoms with E-state index in [9.17, 15) is 4.79 Å². The minimum absolute atomic E-state index is 0.328. The van der Waals surface area contributed by atoms with E-state index in [1.165, 1.54) is 0 Å². The van der Waals surface area contributed by atoms with Crippen molar-refractivity contribution in [1.82, 2.24) is 0 Å². The lowest BCUT2D eigenvalue weighted by Crippen LogP contribution is -2.04. The van der Waals surface area contributed by atoms with Gasteiger partial charge in [0.15, 0.2) is 5.70 Å². The zero-order chi connectivity index (χ0) is 13.9. The molecule has 0 saturated carbocycles. The molecule has 0 N–H and O–H groups in total. The fourth-order valence-electron chi connectivity index (χ4n) is 2.03. The Bertz CT molecular complexity index is 715. The molecule has 0 aromatic heterocycles. The average Bonchev–Trinajstić information content (AvgIpc) is 2.81. The van der Waals surface area contributed by atoms with E-state index in [4.69, 9.17) is 4.74 Å². The van der Waals surface area contributed by atoms with Crippen LogP contribution in [0.1, 0.15) is 16.7 Å². The normalized spacial score (nSPS) is 16.1. The maximum atomic E-state index is 11.8. The van der Waals surface area contributed by atoms with E-state index >= 15 is 0 Å². The Morgan fingerprint density at radius 1 is 1.05 bits per heavy atom. The van der Waals surface area contributed by atoms with Crippen molar-refractivity contribution in [3.63, 3.8) is 0 Å². The first-order valence-electron chi connectivity index (χ1n) is 6.37. The zero-order valence-electron chi connectivity index (χ0n) is 11.0. The van der Waals surface area contributed by atoms with Crippen LogP contribution >= 0.6 is 0 Å². The largest absolute Gasteiger partial charge is 0.402 e. The minimum atomic E-state index is -0.412. The van der Waals surface area contributed by atoms with Crippen LogP contribution in [0.3, 0.4) is 0 Å². The Labute approximate surface area is 117 Å². The molecule has 0 amide bonds. The molecule has 0 aliphatic carbocycles. The third-order valence-electron chi connectivity index (χ3n) is 2.99. The van der Waals surface area contributed by atoms with Gasteiger partial charge in [-0.05, 0) is 30.7 Å². The van der Waals surface area contributed by atoms with Crippen LogP contribution in [0.4, 0.5) is 0 Å². The fraction of sp³-hybridized carbons (Fsp3) is 0.0588. The number of hydrogen-bond donors (Lipinski definition) is 0. The highest BCUT2D eigenvalue weighted by atomic mass is 16.6. The lowest BCUT2D eigenvalue weighted by Gasteiger charge is -1.97. The zero-order valence-corrected chi connectivity index (χ0v) is 11.0. The van der Waals surface area contributed by atoms with E-state index < -0.39 is 5.97 Å². The van der Waals surface area contributed by atoms with Gasteiger partial charge in [0.1, 0.15) is 0 Å². The second kappa shape index (κ2) is 5.13. The topological polar surface area (TPSA) is 38.7 Å². The summed E-state index contributed by atoms with van der Waals surface area (Å²) in [6.07, 6.45) is 1.74. The molecule has 20 heavy (non-hydrogen) atoms. The predicted molar refractivity (Wildman–Crippen MR) is 78.2 cm³/mol. The summed E-state index contributed by atoms with van der Waals surface area (Å²) in [5, 5.41) is 0. The second-order valence-corrected chi connectivity index (χ2v) is 4.62. The third-order valence-corrected chi connectivity index (χ3v) is 2.99. The molecule has 0 saturated heterocycles. The van der Waals surface area contributed by atoms with Crippen LogP contribution in [0.5, 0.6) is 0 Å². The number of aliphatic imine (C=N–C) groups is 1. The standard InChI is InChI=1S/C17H13NO2/c1-12-6-5-7-13(10-12)11-15-17(19)20-16(18-15)14-8-3-2-4-9-14/h2-11H,1H3. The number of ether oxygens (including phenoxy) is 1. The molecule has 3 heteroatoms. The molecule has 3 rings (SSSR count). The minimum Gasteiger partial charge on any atom is -0.402 e. The number of carbonyl (C=O) groups is 1. The van der Waals surface area contributed by atoms with Gasteiger partial charge in [0.05, 0.1) is 0 Å². The van der Waals surface area contributed by atoms with Crippen molar-refractivity contribution in [3.8, 4) is 0 Å². The first-order valence-corrected chi connectivity index (χ1v) is 6.37. The fourth-order valence-corrected chi connectivity index (χ4v) is 2.03. The summed E-state index contributed by atoms with van der Waals surface area (Å²) in [6, 6.07) is 17.3. The summed E-state index contributed by atoms with van der Waals surface area (Å²) in [4.78, 5) is 16.1. The van der Waals surface area contributed by atoms with Crippen molar-refractivity contribution in [2.45, 2.75) is 6.92 Å². The van der Waals surface area contributed by atoms with Crippen LogP contribution in [0.2, 0.25) is 0 Å². The van der Waals surface area contributed by atoms with Crippen molar-refractivity contribution >= 4 is 17.9 Å². The maximum absolute atomic E-state index is 11.8. The van der Waals surface area contributed by atoms with Gasteiger partial charge in [-0.15, -0.1) is 0 Å². The Balaban J connectivity index is 1.95. The van der Waals surface area contributed by atoms with Gasteiger partial charge in [0.2, 0.25) is 5.90 Å².